The van der Waals surface area contributed by atoms with Gasteiger partial charge in [-0.3, -0.25) is 0 Å². The lowest BCUT2D eigenvalue weighted by Gasteiger charge is -2.05. The zero-order chi connectivity index (χ0) is 11.1. The molecule has 1 N–H and O–H groups in total. The Bertz CT molecular complexity index is 323. The largest absolute Gasteiger partial charge is 0.368 e. The third-order valence-corrected chi connectivity index (χ3v) is 1.88. The predicted molar refractivity (Wildman–Crippen MR) is 59.3 cm³/mol. The molecular weight excluding hydrogens is 188 g/mol. The average molecular weight is 204 g/mol. The number of nitrogens with one attached hydrogen (secondary N) is 1. The van der Waals surface area contributed by atoms with Gasteiger partial charge in [0.15, 0.2) is 0 Å². The summed E-state index contributed by atoms with van der Waals surface area (Å²) in [5, 5.41) is 19.5. The molecule has 0 aliphatic carbocycles. The molecular formula is C11H16N4. The van der Waals surface area contributed by atoms with E-state index in [1.54, 1.807) is 0 Å². The fraction of sp³-hybridized carbons (Fsp3) is 0.545. The van der Waals surface area contributed by atoms with Crippen LogP contribution in [0.3, 0.4) is 0 Å². The van der Waals surface area contributed by atoms with Crippen molar-refractivity contribution in [3.8, 4) is 6.07 Å². The normalized spacial score (nSPS) is 10.0. The summed E-state index contributed by atoms with van der Waals surface area (Å²) in [6.45, 7) is 4.93. The van der Waals surface area contributed by atoms with E-state index in [4.69, 9.17) is 5.26 Å². The van der Waals surface area contributed by atoms with Gasteiger partial charge in [-0.2, -0.15) is 10.4 Å². The number of rotatable bonds is 5. The number of hydrogen-bond acceptors (Lipinski definition) is 4. The maximum atomic E-state index is 8.36. The van der Waals surface area contributed by atoms with E-state index in [9.17, 15) is 0 Å². The van der Waals surface area contributed by atoms with E-state index < -0.39 is 0 Å². The first-order valence-electron chi connectivity index (χ1n) is 5.16. The van der Waals surface area contributed by atoms with E-state index in [1.165, 1.54) is 0 Å². The van der Waals surface area contributed by atoms with Gasteiger partial charge in [-0.25, -0.2) is 0 Å². The summed E-state index contributed by atoms with van der Waals surface area (Å²) < 4.78 is 0. The predicted octanol–water partition coefficient (Wildman–Crippen LogP) is 2.00. The number of aromatic nitrogens is 2. The second-order valence-electron chi connectivity index (χ2n) is 3.84. The highest BCUT2D eigenvalue weighted by atomic mass is 15.2. The van der Waals surface area contributed by atoms with Gasteiger partial charge in [0.05, 0.1) is 18.2 Å². The Labute approximate surface area is 90.3 Å². The first-order chi connectivity index (χ1) is 7.22. The lowest BCUT2D eigenvalue weighted by atomic mass is 10.1. The highest BCUT2D eigenvalue weighted by Gasteiger charge is 2.00. The minimum atomic E-state index is 0.482. The van der Waals surface area contributed by atoms with E-state index in [0.717, 1.165) is 17.9 Å². The molecule has 0 fully saturated rings. The molecule has 15 heavy (non-hydrogen) atoms. The summed E-state index contributed by atoms with van der Waals surface area (Å²) in [4.78, 5) is 0. The molecule has 0 aliphatic rings. The van der Waals surface area contributed by atoms with Crippen molar-refractivity contribution < 1.29 is 0 Å². The minimum absolute atomic E-state index is 0.482. The number of hydrogen-bond donors (Lipinski definition) is 1. The van der Waals surface area contributed by atoms with Crippen LogP contribution in [0.4, 0.5) is 5.82 Å². The van der Waals surface area contributed by atoms with Crippen LogP contribution in [-0.2, 0) is 6.42 Å². The SMILES string of the molecule is CC(C)Cc1ccc(NCCC#N)nn1. The summed E-state index contributed by atoms with van der Waals surface area (Å²) in [7, 11) is 0. The van der Waals surface area contributed by atoms with Crippen LogP contribution in [0.25, 0.3) is 0 Å². The third-order valence-electron chi connectivity index (χ3n) is 1.88. The molecule has 1 aromatic heterocycles. The Morgan fingerprint density at radius 2 is 2.20 bits per heavy atom. The molecule has 0 amide bonds. The standard InChI is InChI=1S/C11H16N4/c1-9(2)8-10-4-5-11(15-14-10)13-7-3-6-12/h4-5,9H,3,7-8H2,1-2H3,(H,13,15). The number of nitrogens with zero attached hydrogens (tertiary/aromatic N) is 3. The highest BCUT2D eigenvalue weighted by Crippen LogP contribution is 2.06. The van der Waals surface area contributed by atoms with Crippen LogP contribution in [0.1, 0.15) is 26.0 Å². The van der Waals surface area contributed by atoms with Crippen LogP contribution in [0.2, 0.25) is 0 Å². The van der Waals surface area contributed by atoms with Crippen LogP contribution in [0, 0.1) is 17.2 Å². The molecule has 1 aromatic rings. The fourth-order valence-electron chi connectivity index (χ4n) is 1.23. The second kappa shape index (κ2) is 5.97. The fourth-order valence-corrected chi connectivity index (χ4v) is 1.23. The molecule has 0 saturated heterocycles. The van der Waals surface area contributed by atoms with Crippen molar-refractivity contribution in [2.45, 2.75) is 26.7 Å². The summed E-state index contributed by atoms with van der Waals surface area (Å²) >= 11 is 0. The van der Waals surface area contributed by atoms with E-state index >= 15 is 0 Å². The van der Waals surface area contributed by atoms with E-state index in [0.29, 0.717) is 18.9 Å². The minimum Gasteiger partial charge on any atom is -0.368 e. The first kappa shape index (κ1) is 11.4. The molecule has 0 atom stereocenters. The van der Waals surface area contributed by atoms with E-state index in [-0.39, 0.29) is 0 Å². The van der Waals surface area contributed by atoms with Gasteiger partial charge in [0, 0.05) is 6.54 Å². The molecule has 4 nitrogen and oxygen atoms in total. The summed E-state index contributed by atoms with van der Waals surface area (Å²) in [5.74, 6) is 1.33. The van der Waals surface area contributed by atoms with Crippen molar-refractivity contribution in [3.05, 3.63) is 17.8 Å². The number of nitriles is 1. The van der Waals surface area contributed by atoms with Crippen molar-refractivity contribution in [3.63, 3.8) is 0 Å². The molecule has 0 aromatic carbocycles. The van der Waals surface area contributed by atoms with Crippen molar-refractivity contribution in [2.75, 3.05) is 11.9 Å². The molecule has 0 bridgehead atoms. The highest BCUT2D eigenvalue weighted by molar-refractivity contribution is 5.32. The quantitative estimate of drug-likeness (QED) is 0.745. The third kappa shape index (κ3) is 4.41. The maximum Gasteiger partial charge on any atom is 0.148 e. The Kier molecular flexibility index (Phi) is 4.55. The van der Waals surface area contributed by atoms with Crippen molar-refractivity contribution in [1.29, 1.82) is 5.26 Å². The van der Waals surface area contributed by atoms with Gasteiger partial charge in [0.2, 0.25) is 0 Å². The van der Waals surface area contributed by atoms with Crippen LogP contribution in [0.5, 0.6) is 0 Å². The van der Waals surface area contributed by atoms with Crippen molar-refractivity contribution >= 4 is 5.82 Å². The van der Waals surface area contributed by atoms with Gasteiger partial charge in [-0.05, 0) is 24.5 Å². The zero-order valence-electron chi connectivity index (χ0n) is 9.20. The summed E-state index contributed by atoms with van der Waals surface area (Å²) in [5.41, 5.74) is 1.01. The zero-order valence-corrected chi connectivity index (χ0v) is 9.20. The van der Waals surface area contributed by atoms with Crippen LogP contribution >= 0.6 is 0 Å². The van der Waals surface area contributed by atoms with Crippen LogP contribution in [-0.4, -0.2) is 16.7 Å². The Balaban J connectivity index is 2.46. The van der Waals surface area contributed by atoms with E-state index in [2.05, 4.69) is 35.4 Å². The smallest absolute Gasteiger partial charge is 0.148 e. The molecule has 1 rings (SSSR count). The summed E-state index contributed by atoms with van der Waals surface area (Å²) in [6.07, 6.45) is 1.43. The average Bonchev–Trinajstić information content (AvgIpc) is 2.20. The van der Waals surface area contributed by atoms with Gasteiger partial charge in [0.25, 0.3) is 0 Å². The number of anilines is 1. The van der Waals surface area contributed by atoms with Gasteiger partial charge < -0.3 is 5.32 Å². The molecule has 0 spiro atoms. The lowest BCUT2D eigenvalue weighted by Crippen LogP contribution is -2.05. The molecule has 0 saturated carbocycles. The van der Waals surface area contributed by atoms with Crippen LogP contribution in [0.15, 0.2) is 12.1 Å². The van der Waals surface area contributed by atoms with Gasteiger partial charge >= 0.3 is 0 Å². The van der Waals surface area contributed by atoms with Crippen molar-refractivity contribution in [2.24, 2.45) is 5.92 Å². The topological polar surface area (TPSA) is 61.6 Å². The first-order valence-corrected chi connectivity index (χ1v) is 5.16. The molecule has 0 unspecified atom stereocenters. The Morgan fingerprint density at radius 3 is 2.73 bits per heavy atom. The molecule has 1 heterocycles. The van der Waals surface area contributed by atoms with Crippen molar-refractivity contribution in [1.82, 2.24) is 10.2 Å². The Hall–Kier alpha value is -1.63. The molecule has 0 aliphatic heterocycles. The van der Waals surface area contributed by atoms with E-state index in [1.807, 2.05) is 12.1 Å². The Morgan fingerprint density at radius 1 is 1.40 bits per heavy atom. The van der Waals surface area contributed by atoms with Gasteiger partial charge in [-0.1, -0.05) is 13.8 Å². The van der Waals surface area contributed by atoms with Gasteiger partial charge in [-0.15, -0.1) is 5.10 Å². The molecule has 4 heteroatoms. The lowest BCUT2D eigenvalue weighted by molar-refractivity contribution is 0.628. The monoisotopic (exact) mass is 204 g/mol. The van der Waals surface area contributed by atoms with Gasteiger partial charge in [0.1, 0.15) is 5.82 Å². The summed E-state index contributed by atoms with van der Waals surface area (Å²) in [6, 6.07) is 5.94. The molecule has 0 radical (unpaired) electrons. The maximum absolute atomic E-state index is 8.36. The van der Waals surface area contributed by atoms with Crippen LogP contribution < -0.4 is 5.32 Å². The second-order valence-corrected chi connectivity index (χ2v) is 3.84. The molecule has 80 valence electrons.